The summed E-state index contributed by atoms with van der Waals surface area (Å²) in [6.07, 6.45) is 10.6. The average Bonchev–Trinajstić information content (AvgIpc) is 3.26. The molecule has 0 spiro atoms. The minimum absolute atomic E-state index is 0.158. The molecule has 0 bridgehead atoms. The first-order valence-electron chi connectivity index (χ1n) is 22.0. The Morgan fingerprint density at radius 3 is 1.24 bits per heavy atom. The van der Waals surface area contributed by atoms with Crippen molar-refractivity contribution in [2.75, 3.05) is 0 Å². The van der Waals surface area contributed by atoms with Crippen molar-refractivity contribution in [1.29, 1.82) is 0 Å². The van der Waals surface area contributed by atoms with E-state index in [9.17, 15) is 9.59 Å². The van der Waals surface area contributed by atoms with Crippen molar-refractivity contribution in [1.82, 2.24) is 0 Å². The van der Waals surface area contributed by atoms with Crippen LogP contribution in [0.2, 0.25) is 0 Å². The third-order valence-electron chi connectivity index (χ3n) is 13.3. The molecule has 314 valence electrons. The van der Waals surface area contributed by atoms with Crippen LogP contribution in [0.5, 0.6) is 23.0 Å². The normalized spacial score (nSPS) is 13.1. The molecule has 0 heterocycles. The van der Waals surface area contributed by atoms with Crippen molar-refractivity contribution >= 4 is 11.9 Å². The van der Waals surface area contributed by atoms with Gasteiger partial charge in [0.1, 0.15) is 39.6 Å². The lowest BCUT2D eigenvalue weighted by Gasteiger charge is -2.45. The molecular weight excluding hydrogens is 721 g/mol. The second-order valence-corrected chi connectivity index (χ2v) is 16.7. The monoisotopic (exact) mass is 791 g/mol. The van der Waals surface area contributed by atoms with Gasteiger partial charge in [-0.3, -0.25) is 9.59 Å². The van der Waals surface area contributed by atoms with E-state index in [1.54, 1.807) is 0 Å². The largest absolute Gasteiger partial charge is 0.488 e. The Morgan fingerprint density at radius 2 is 0.828 bits per heavy atom. The summed E-state index contributed by atoms with van der Waals surface area (Å²) in [5.41, 5.74) is 2.38. The average molecular weight is 791 g/mol. The lowest BCUT2D eigenvalue weighted by Crippen LogP contribution is -2.55. The van der Waals surface area contributed by atoms with Crippen molar-refractivity contribution in [3.05, 3.63) is 108 Å². The van der Waals surface area contributed by atoms with Gasteiger partial charge in [-0.15, -0.1) is 0 Å². The van der Waals surface area contributed by atoms with E-state index in [0.29, 0.717) is 30.8 Å². The molecule has 1 unspecified atom stereocenters. The third kappa shape index (κ3) is 11.3. The Bertz CT molecular complexity index is 1850. The van der Waals surface area contributed by atoms with Crippen LogP contribution in [0.1, 0.15) is 145 Å². The van der Waals surface area contributed by atoms with Crippen LogP contribution in [0.15, 0.2) is 97.1 Å². The summed E-state index contributed by atoms with van der Waals surface area (Å²) in [4.78, 5) is 26.7. The quantitative estimate of drug-likeness (QED) is 0.0423. The highest BCUT2D eigenvalue weighted by Gasteiger charge is 2.53. The van der Waals surface area contributed by atoms with Gasteiger partial charge in [-0.25, -0.2) is 0 Å². The first-order chi connectivity index (χ1) is 27.7. The van der Waals surface area contributed by atoms with Gasteiger partial charge in [0.15, 0.2) is 0 Å². The van der Waals surface area contributed by atoms with Gasteiger partial charge in [0.2, 0.25) is 0 Å². The highest BCUT2D eigenvalue weighted by atomic mass is 16.5. The Kier molecular flexibility index (Phi) is 16.6. The molecule has 0 aliphatic heterocycles. The standard InChI is InChI=1S/C52H70O6/c1-11-49(8,12-2)47(53)55-43-31-23-39(24-32-43)21-19-18-20-22-40-25-33-46(34-26-40)58-52(16-6,17-7)51(10,15-5)48(54)56-44-35-27-41(28-36-44)42-29-37-45(38-30-42)57-50(9,13-3)14-4/h23-38H,11-22H2,1-10H3. The molecule has 58 heavy (non-hydrogen) atoms. The molecule has 0 aliphatic carbocycles. The number of rotatable bonds is 23. The van der Waals surface area contributed by atoms with Crippen LogP contribution in [0.25, 0.3) is 11.1 Å². The Morgan fingerprint density at radius 1 is 0.431 bits per heavy atom. The molecule has 0 N–H and O–H groups in total. The minimum Gasteiger partial charge on any atom is -0.488 e. The lowest BCUT2D eigenvalue weighted by atomic mass is 9.68. The summed E-state index contributed by atoms with van der Waals surface area (Å²) in [5, 5.41) is 0. The van der Waals surface area contributed by atoms with E-state index in [1.165, 1.54) is 11.1 Å². The van der Waals surface area contributed by atoms with Crippen LogP contribution in [-0.4, -0.2) is 23.1 Å². The fourth-order valence-electron chi connectivity index (χ4n) is 7.55. The SMILES string of the molecule is CCC(C)(CC)Oc1ccc(-c2ccc(OC(=O)C(C)(CC)C(CC)(CC)Oc3ccc(CCCCCc4ccc(OC(=O)C(C)(CC)CC)cc4)cc3)cc2)cc1. The summed E-state index contributed by atoms with van der Waals surface area (Å²) in [6, 6.07) is 32.2. The van der Waals surface area contributed by atoms with E-state index < -0.39 is 16.4 Å². The third-order valence-corrected chi connectivity index (χ3v) is 13.3. The molecule has 4 aromatic carbocycles. The molecule has 0 saturated heterocycles. The molecule has 0 fully saturated rings. The van der Waals surface area contributed by atoms with Gasteiger partial charge in [0, 0.05) is 0 Å². The van der Waals surface area contributed by atoms with E-state index in [2.05, 4.69) is 71.0 Å². The van der Waals surface area contributed by atoms with Crippen LogP contribution >= 0.6 is 0 Å². The molecule has 4 aromatic rings. The van der Waals surface area contributed by atoms with E-state index in [1.807, 2.05) is 95.3 Å². The summed E-state index contributed by atoms with van der Waals surface area (Å²) in [6.45, 7) is 20.7. The first kappa shape index (κ1) is 46.1. The summed E-state index contributed by atoms with van der Waals surface area (Å²) in [5.74, 6) is 2.31. The molecule has 4 rings (SSSR count). The van der Waals surface area contributed by atoms with Crippen molar-refractivity contribution in [2.45, 2.75) is 157 Å². The van der Waals surface area contributed by atoms with E-state index in [4.69, 9.17) is 18.9 Å². The second kappa shape index (κ2) is 20.9. The number of aryl methyl sites for hydroxylation is 2. The van der Waals surface area contributed by atoms with Gasteiger partial charge in [-0.2, -0.15) is 0 Å². The maximum absolute atomic E-state index is 14.1. The van der Waals surface area contributed by atoms with Crippen LogP contribution in [-0.2, 0) is 22.4 Å². The van der Waals surface area contributed by atoms with Crippen molar-refractivity contribution in [2.24, 2.45) is 10.8 Å². The first-order valence-corrected chi connectivity index (χ1v) is 22.0. The number of benzene rings is 4. The van der Waals surface area contributed by atoms with Gasteiger partial charge in [-0.05, 0) is 162 Å². The van der Waals surface area contributed by atoms with E-state index >= 15 is 0 Å². The van der Waals surface area contributed by atoms with E-state index in [0.717, 1.165) is 80.4 Å². The second-order valence-electron chi connectivity index (χ2n) is 16.7. The van der Waals surface area contributed by atoms with Crippen LogP contribution < -0.4 is 18.9 Å². The highest BCUT2D eigenvalue weighted by Crippen LogP contribution is 2.45. The Balaban J connectivity index is 1.29. The number of unbranched alkanes of at least 4 members (excludes halogenated alkanes) is 2. The summed E-state index contributed by atoms with van der Waals surface area (Å²) >= 11 is 0. The fourth-order valence-corrected chi connectivity index (χ4v) is 7.55. The Hall–Kier alpha value is -4.58. The highest BCUT2D eigenvalue weighted by molar-refractivity contribution is 5.81. The fraction of sp³-hybridized carbons (Fsp3) is 0.500. The predicted octanol–water partition coefficient (Wildman–Crippen LogP) is 14.0. The van der Waals surface area contributed by atoms with Gasteiger partial charge in [-0.1, -0.05) is 103 Å². The van der Waals surface area contributed by atoms with Crippen molar-refractivity contribution < 1.29 is 28.5 Å². The number of hydrogen-bond acceptors (Lipinski definition) is 6. The van der Waals surface area contributed by atoms with Gasteiger partial charge < -0.3 is 18.9 Å². The molecule has 1 atom stereocenters. The molecule has 0 aromatic heterocycles. The molecule has 6 nitrogen and oxygen atoms in total. The molecule has 0 aliphatic rings. The molecule has 0 radical (unpaired) electrons. The topological polar surface area (TPSA) is 71.1 Å². The number of carbonyl (C=O) groups excluding carboxylic acids is 2. The molecule has 6 heteroatoms. The number of ether oxygens (including phenoxy) is 4. The number of hydrogen-bond donors (Lipinski definition) is 0. The smallest absolute Gasteiger partial charge is 0.321 e. The Labute approximate surface area is 350 Å². The summed E-state index contributed by atoms with van der Waals surface area (Å²) in [7, 11) is 0. The number of carbonyl (C=O) groups is 2. The summed E-state index contributed by atoms with van der Waals surface area (Å²) < 4.78 is 24.8. The zero-order valence-electron chi connectivity index (χ0n) is 37.2. The number of esters is 2. The van der Waals surface area contributed by atoms with Crippen molar-refractivity contribution in [3.8, 4) is 34.1 Å². The lowest BCUT2D eigenvalue weighted by molar-refractivity contribution is -0.162. The van der Waals surface area contributed by atoms with E-state index in [-0.39, 0.29) is 17.5 Å². The maximum Gasteiger partial charge on any atom is 0.321 e. The van der Waals surface area contributed by atoms with Crippen molar-refractivity contribution in [3.63, 3.8) is 0 Å². The van der Waals surface area contributed by atoms with Crippen LogP contribution in [0.3, 0.4) is 0 Å². The maximum atomic E-state index is 14.1. The van der Waals surface area contributed by atoms with Gasteiger partial charge in [0.25, 0.3) is 0 Å². The molecule has 0 amide bonds. The van der Waals surface area contributed by atoms with Gasteiger partial charge in [0.05, 0.1) is 5.41 Å². The van der Waals surface area contributed by atoms with Crippen LogP contribution in [0, 0.1) is 10.8 Å². The zero-order chi connectivity index (χ0) is 42.4. The zero-order valence-corrected chi connectivity index (χ0v) is 37.2. The predicted molar refractivity (Wildman–Crippen MR) is 238 cm³/mol. The molecule has 0 saturated carbocycles. The van der Waals surface area contributed by atoms with Gasteiger partial charge >= 0.3 is 11.9 Å². The minimum atomic E-state index is -0.883. The van der Waals surface area contributed by atoms with Crippen LogP contribution in [0.4, 0.5) is 0 Å². The molecular formula is C52H70O6.